The summed E-state index contributed by atoms with van der Waals surface area (Å²) in [5, 5.41) is 3.22. The van der Waals surface area contributed by atoms with E-state index in [0.29, 0.717) is 24.3 Å². The highest BCUT2D eigenvalue weighted by Gasteiger charge is 2.48. The van der Waals surface area contributed by atoms with Crippen LogP contribution in [0.4, 0.5) is 0 Å². The minimum Gasteiger partial charge on any atom is -0.426 e. The van der Waals surface area contributed by atoms with Crippen molar-refractivity contribution in [3.05, 3.63) is 139 Å². The molecule has 1 aromatic heterocycles. The number of fused-ring (bicyclic) bond motifs is 6. The minimum absolute atomic E-state index is 0.315. The van der Waals surface area contributed by atoms with Crippen molar-refractivity contribution in [1.29, 1.82) is 0 Å². The van der Waals surface area contributed by atoms with Crippen molar-refractivity contribution in [3.8, 4) is 22.8 Å². The van der Waals surface area contributed by atoms with E-state index in [-0.39, 0.29) is 11.9 Å². The molecule has 222 valence electrons. The molecule has 0 saturated heterocycles. The molecule has 2 atom stereocenters. The fraction of sp³-hybridized carbons (Fsp3) is 0.175. The van der Waals surface area contributed by atoms with E-state index in [0.717, 1.165) is 44.1 Å². The molecule has 0 fully saturated rings. The number of ether oxygens (including phenoxy) is 2. The van der Waals surface area contributed by atoms with Crippen molar-refractivity contribution in [2.75, 3.05) is 0 Å². The van der Waals surface area contributed by atoms with Gasteiger partial charge in [-0.2, -0.15) is 0 Å². The summed E-state index contributed by atoms with van der Waals surface area (Å²) in [5.41, 5.74) is 4.23. The minimum atomic E-state index is -0.712. The SMILES string of the molecule is CC(CC1(CC(C)C(=O)Oc2ccccc2)c2cc3ccccc3nc2-c2c1ccc1ccccc21)C(=O)Oc1ccccc1. The third-order valence-electron chi connectivity index (χ3n) is 8.96. The molecule has 5 nitrogen and oxygen atoms in total. The van der Waals surface area contributed by atoms with Gasteiger partial charge in [0.25, 0.3) is 0 Å². The first-order chi connectivity index (χ1) is 21.9. The van der Waals surface area contributed by atoms with Crippen LogP contribution in [0.15, 0.2) is 127 Å². The normalized spacial score (nSPS) is 16.5. The third kappa shape index (κ3) is 5.25. The summed E-state index contributed by atoms with van der Waals surface area (Å²) in [7, 11) is 0. The van der Waals surface area contributed by atoms with Crippen molar-refractivity contribution < 1.29 is 19.1 Å². The Balaban J connectivity index is 1.38. The van der Waals surface area contributed by atoms with Gasteiger partial charge in [0.05, 0.1) is 23.0 Å². The van der Waals surface area contributed by atoms with Crippen LogP contribution >= 0.6 is 0 Å². The lowest BCUT2D eigenvalue weighted by Gasteiger charge is -2.36. The van der Waals surface area contributed by atoms with Crippen LogP contribution in [0.1, 0.15) is 37.8 Å². The number of hydrogen-bond donors (Lipinski definition) is 0. The van der Waals surface area contributed by atoms with Gasteiger partial charge in [0.15, 0.2) is 0 Å². The number of pyridine rings is 1. The molecule has 0 bridgehead atoms. The molecular formula is C40H33NO4. The molecule has 6 aromatic rings. The Kier molecular flexibility index (Phi) is 7.38. The molecule has 0 aliphatic heterocycles. The lowest BCUT2D eigenvalue weighted by Crippen LogP contribution is -2.36. The highest BCUT2D eigenvalue weighted by Crippen LogP contribution is 2.56. The largest absolute Gasteiger partial charge is 0.426 e. The Labute approximate surface area is 262 Å². The van der Waals surface area contributed by atoms with Crippen molar-refractivity contribution in [1.82, 2.24) is 4.98 Å². The topological polar surface area (TPSA) is 65.5 Å². The monoisotopic (exact) mass is 591 g/mol. The zero-order valence-electron chi connectivity index (χ0n) is 25.3. The van der Waals surface area contributed by atoms with Crippen LogP contribution in [-0.2, 0) is 15.0 Å². The lowest BCUT2D eigenvalue weighted by atomic mass is 9.67. The highest BCUT2D eigenvalue weighted by atomic mass is 16.5. The summed E-state index contributed by atoms with van der Waals surface area (Å²) in [4.78, 5) is 32.5. The molecule has 2 unspecified atom stereocenters. The van der Waals surface area contributed by atoms with Gasteiger partial charge in [-0.1, -0.05) is 105 Å². The van der Waals surface area contributed by atoms with Crippen LogP contribution in [0.3, 0.4) is 0 Å². The van der Waals surface area contributed by atoms with Gasteiger partial charge >= 0.3 is 11.9 Å². The number of nitrogens with zero attached hydrogens (tertiary/aromatic N) is 1. The quantitative estimate of drug-likeness (QED) is 0.131. The van der Waals surface area contributed by atoms with Crippen LogP contribution in [0.25, 0.3) is 32.9 Å². The summed E-state index contributed by atoms with van der Waals surface area (Å²) in [6, 6.07) is 41.2. The molecular weight excluding hydrogens is 558 g/mol. The summed E-state index contributed by atoms with van der Waals surface area (Å²) in [6.45, 7) is 3.82. The molecule has 1 aliphatic rings. The number of aromatic nitrogens is 1. The Bertz CT molecular complexity index is 1980. The third-order valence-corrected chi connectivity index (χ3v) is 8.96. The van der Waals surface area contributed by atoms with Gasteiger partial charge in [0.1, 0.15) is 11.5 Å². The van der Waals surface area contributed by atoms with Crippen molar-refractivity contribution >= 4 is 33.6 Å². The van der Waals surface area contributed by atoms with Gasteiger partial charge in [0, 0.05) is 16.4 Å². The molecule has 1 aliphatic carbocycles. The maximum Gasteiger partial charge on any atom is 0.314 e. The van der Waals surface area contributed by atoms with Gasteiger partial charge in [-0.3, -0.25) is 9.59 Å². The van der Waals surface area contributed by atoms with Crippen LogP contribution in [0, 0.1) is 11.8 Å². The van der Waals surface area contributed by atoms with E-state index in [1.54, 1.807) is 24.3 Å². The molecule has 0 saturated carbocycles. The molecule has 5 aromatic carbocycles. The van der Waals surface area contributed by atoms with Crippen LogP contribution < -0.4 is 9.47 Å². The molecule has 0 spiro atoms. The lowest BCUT2D eigenvalue weighted by molar-refractivity contribution is -0.139. The van der Waals surface area contributed by atoms with Gasteiger partial charge < -0.3 is 9.47 Å². The first-order valence-electron chi connectivity index (χ1n) is 15.4. The molecule has 45 heavy (non-hydrogen) atoms. The van der Waals surface area contributed by atoms with E-state index in [2.05, 4.69) is 36.4 Å². The average molecular weight is 592 g/mol. The van der Waals surface area contributed by atoms with E-state index in [1.165, 1.54) is 0 Å². The molecule has 0 amide bonds. The van der Waals surface area contributed by atoms with Crippen LogP contribution in [-0.4, -0.2) is 16.9 Å². The molecule has 0 radical (unpaired) electrons. The number of hydrogen-bond acceptors (Lipinski definition) is 5. The number of carbonyl (C=O) groups is 2. The van der Waals surface area contributed by atoms with E-state index < -0.39 is 17.3 Å². The summed E-state index contributed by atoms with van der Waals surface area (Å²) < 4.78 is 11.7. The van der Waals surface area contributed by atoms with Gasteiger partial charge in [-0.25, -0.2) is 4.98 Å². The highest BCUT2D eigenvalue weighted by molar-refractivity contribution is 6.03. The van der Waals surface area contributed by atoms with E-state index in [9.17, 15) is 9.59 Å². The van der Waals surface area contributed by atoms with E-state index >= 15 is 0 Å². The second kappa shape index (κ2) is 11.7. The Morgan fingerprint density at radius 1 is 0.622 bits per heavy atom. The fourth-order valence-corrected chi connectivity index (χ4v) is 6.89. The smallest absolute Gasteiger partial charge is 0.314 e. The van der Waals surface area contributed by atoms with E-state index in [1.807, 2.05) is 80.6 Å². The van der Waals surface area contributed by atoms with Crippen LogP contribution in [0.5, 0.6) is 11.5 Å². The van der Waals surface area contributed by atoms with Crippen molar-refractivity contribution in [2.24, 2.45) is 11.8 Å². The first kappa shape index (κ1) is 28.5. The number of para-hydroxylation sites is 3. The Morgan fingerprint density at radius 2 is 1.16 bits per heavy atom. The average Bonchev–Trinajstić information content (AvgIpc) is 3.32. The molecule has 0 N–H and O–H groups in total. The summed E-state index contributed by atoms with van der Waals surface area (Å²) in [5.74, 6) is -0.587. The number of rotatable bonds is 8. The summed E-state index contributed by atoms with van der Waals surface area (Å²) >= 11 is 0. The predicted octanol–water partition coefficient (Wildman–Crippen LogP) is 8.92. The van der Waals surface area contributed by atoms with E-state index in [4.69, 9.17) is 14.5 Å². The zero-order chi connectivity index (χ0) is 31.0. The zero-order valence-corrected chi connectivity index (χ0v) is 25.3. The second-order valence-electron chi connectivity index (χ2n) is 12.0. The Hall–Kier alpha value is -5.29. The first-order valence-corrected chi connectivity index (χ1v) is 15.4. The maximum absolute atomic E-state index is 13.6. The van der Waals surface area contributed by atoms with Gasteiger partial charge in [0.2, 0.25) is 0 Å². The standard InChI is InChI=1S/C40H33NO4/c1-26(38(42)44-30-15-5-3-6-16-30)24-40(25-27(2)39(43)45-31-17-7-4-8-18-31)33-22-21-28-13-9-11-19-32(28)36(33)37-34(40)23-29-14-10-12-20-35(29)41-37/h3-23,26-27H,24-25H2,1-2H3. The summed E-state index contributed by atoms with van der Waals surface area (Å²) in [6.07, 6.45) is 0.861. The second-order valence-corrected chi connectivity index (χ2v) is 12.0. The molecule has 7 rings (SSSR count). The van der Waals surface area contributed by atoms with Gasteiger partial charge in [-0.15, -0.1) is 0 Å². The predicted molar refractivity (Wildman–Crippen MR) is 177 cm³/mol. The molecule has 5 heteroatoms. The van der Waals surface area contributed by atoms with Crippen LogP contribution in [0.2, 0.25) is 0 Å². The van der Waals surface area contributed by atoms with Gasteiger partial charge in [-0.05, 0) is 71.1 Å². The van der Waals surface area contributed by atoms with Crippen molar-refractivity contribution in [3.63, 3.8) is 0 Å². The molecule has 1 heterocycles. The Morgan fingerprint density at radius 3 is 1.78 bits per heavy atom. The van der Waals surface area contributed by atoms with Crippen molar-refractivity contribution in [2.45, 2.75) is 32.1 Å². The number of carbonyl (C=O) groups excluding carboxylic acids is 2. The maximum atomic E-state index is 13.6. The number of benzene rings is 5. The fourth-order valence-electron chi connectivity index (χ4n) is 6.89. The number of esters is 2.